The molecule has 69 heavy (non-hydrogen) atoms. The number of ether oxygens (including phenoxy) is 1. The maximum Gasteiger partial charge on any atom is 0.305 e. The smallest absolute Gasteiger partial charge is 0.305 e. The van der Waals surface area contributed by atoms with E-state index in [1.165, 1.54) is 225 Å². The van der Waals surface area contributed by atoms with Crippen LogP contribution in [-0.2, 0) is 14.3 Å². The minimum Gasteiger partial charge on any atom is -0.466 e. The highest BCUT2D eigenvalue weighted by molar-refractivity contribution is 5.76. The Balaban J connectivity index is 3.44. The Morgan fingerprint density at radius 1 is 0.406 bits per heavy atom. The zero-order chi connectivity index (χ0) is 50.0. The van der Waals surface area contributed by atoms with Crippen molar-refractivity contribution < 1.29 is 24.5 Å². The van der Waals surface area contributed by atoms with Crippen molar-refractivity contribution in [3.05, 3.63) is 48.6 Å². The lowest BCUT2D eigenvalue weighted by Gasteiger charge is -2.22. The normalized spacial score (nSPS) is 12.9. The predicted octanol–water partition coefficient (Wildman–Crippen LogP) is 19.0. The number of hydrogen-bond donors (Lipinski definition) is 3. The summed E-state index contributed by atoms with van der Waals surface area (Å²) < 4.78 is 5.46. The number of aliphatic hydroxyl groups is 2. The van der Waals surface area contributed by atoms with Crippen LogP contribution in [-0.4, -0.2) is 47.4 Å². The summed E-state index contributed by atoms with van der Waals surface area (Å²) in [5.74, 6) is -0.0476. The quantitative estimate of drug-likeness (QED) is 0.0321. The molecule has 6 nitrogen and oxygen atoms in total. The fraction of sp³-hybridized carbons (Fsp3) is 0.841. The lowest BCUT2D eigenvalue weighted by atomic mass is 10.0. The Hall–Kier alpha value is -2.18. The van der Waals surface area contributed by atoms with Gasteiger partial charge in [-0.1, -0.05) is 268 Å². The molecule has 0 heterocycles. The van der Waals surface area contributed by atoms with E-state index in [1.54, 1.807) is 0 Å². The van der Waals surface area contributed by atoms with Crippen LogP contribution in [0.4, 0.5) is 0 Å². The molecule has 2 unspecified atom stereocenters. The van der Waals surface area contributed by atoms with Gasteiger partial charge in [-0.25, -0.2) is 0 Å². The third-order valence-electron chi connectivity index (χ3n) is 13.8. The van der Waals surface area contributed by atoms with Crippen LogP contribution < -0.4 is 5.32 Å². The van der Waals surface area contributed by atoms with Gasteiger partial charge in [-0.05, 0) is 83.5 Å². The summed E-state index contributed by atoms with van der Waals surface area (Å²) in [5, 5.41) is 23.3. The summed E-state index contributed by atoms with van der Waals surface area (Å²) in [5.41, 5.74) is 0. The van der Waals surface area contributed by atoms with E-state index in [2.05, 4.69) is 67.8 Å². The van der Waals surface area contributed by atoms with E-state index in [9.17, 15) is 19.8 Å². The van der Waals surface area contributed by atoms with Gasteiger partial charge in [0.05, 0.1) is 25.4 Å². The van der Waals surface area contributed by atoms with Gasteiger partial charge in [-0.3, -0.25) is 9.59 Å². The second-order valence-corrected chi connectivity index (χ2v) is 20.7. The van der Waals surface area contributed by atoms with E-state index in [1.807, 2.05) is 0 Å². The lowest BCUT2D eigenvalue weighted by Crippen LogP contribution is -2.45. The molecule has 0 radical (unpaired) electrons. The molecule has 0 saturated carbocycles. The van der Waals surface area contributed by atoms with Gasteiger partial charge < -0.3 is 20.3 Å². The molecule has 0 rings (SSSR count). The number of allylic oxidation sites excluding steroid dienone is 8. The zero-order valence-corrected chi connectivity index (χ0v) is 46.0. The van der Waals surface area contributed by atoms with Gasteiger partial charge in [0.1, 0.15) is 0 Å². The monoisotopic (exact) mass is 968 g/mol. The maximum absolute atomic E-state index is 12.5. The van der Waals surface area contributed by atoms with Crippen LogP contribution in [0.2, 0.25) is 0 Å². The van der Waals surface area contributed by atoms with Gasteiger partial charge in [0, 0.05) is 12.8 Å². The number of nitrogens with one attached hydrogen (secondary N) is 1. The molecule has 1 amide bonds. The Morgan fingerprint density at radius 3 is 1.16 bits per heavy atom. The third-order valence-corrected chi connectivity index (χ3v) is 13.8. The number of carbonyl (C=O) groups excluding carboxylic acids is 2. The van der Waals surface area contributed by atoms with Crippen LogP contribution in [0, 0.1) is 0 Å². The molecule has 0 saturated heterocycles. The first-order chi connectivity index (χ1) is 34.0. The minimum atomic E-state index is -0.668. The van der Waals surface area contributed by atoms with Crippen LogP contribution in [0.15, 0.2) is 48.6 Å². The molecule has 0 aliphatic rings. The van der Waals surface area contributed by atoms with Crippen molar-refractivity contribution in [3.8, 4) is 0 Å². The standard InChI is InChI=1S/C63H117NO5/c1-3-5-7-9-11-13-15-17-32-35-39-43-47-51-55-61(66)60(59-65)64-62(67)56-52-48-44-40-36-33-29-27-25-23-21-19-18-20-22-24-26-28-30-34-38-42-46-50-54-58-69-63(68)57-53-49-45-41-37-31-16-14-12-10-8-6-4-2/h8,10,14,16,19-22,60-61,65-66H,3-7,9,11-13,15,17-18,23-59H2,1-2H3,(H,64,67)/b10-8-,16-14-,21-19-,22-20-. The first kappa shape index (κ1) is 66.8. The Morgan fingerprint density at radius 2 is 0.754 bits per heavy atom. The molecule has 404 valence electrons. The first-order valence-corrected chi connectivity index (χ1v) is 30.4. The van der Waals surface area contributed by atoms with Crippen molar-refractivity contribution in [1.29, 1.82) is 0 Å². The van der Waals surface area contributed by atoms with Crippen LogP contribution in [0.3, 0.4) is 0 Å². The number of unbranched alkanes of at least 4 members (excludes halogenated alkanes) is 37. The Bertz CT molecular complexity index is 1160. The van der Waals surface area contributed by atoms with E-state index in [0.29, 0.717) is 25.9 Å². The molecule has 0 fully saturated rings. The molecule has 0 aliphatic carbocycles. The number of aliphatic hydroxyl groups excluding tert-OH is 2. The highest BCUT2D eigenvalue weighted by Crippen LogP contribution is 2.17. The zero-order valence-electron chi connectivity index (χ0n) is 46.0. The fourth-order valence-electron chi connectivity index (χ4n) is 9.18. The third kappa shape index (κ3) is 55.0. The van der Waals surface area contributed by atoms with Gasteiger partial charge in [0.25, 0.3) is 0 Å². The second-order valence-electron chi connectivity index (χ2n) is 20.7. The summed E-state index contributed by atoms with van der Waals surface area (Å²) in [6.07, 6.45) is 74.0. The molecule has 6 heteroatoms. The summed E-state index contributed by atoms with van der Waals surface area (Å²) in [4.78, 5) is 24.5. The molecule has 0 aromatic heterocycles. The topological polar surface area (TPSA) is 95.9 Å². The highest BCUT2D eigenvalue weighted by atomic mass is 16.5. The van der Waals surface area contributed by atoms with Crippen molar-refractivity contribution in [2.24, 2.45) is 0 Å². The van der Waals surface area contributed by atoms with Gasteiger partial charge in [-0.2, -0.15) is 0 Å². The Labute approximate surface area is 429 Å². The largest absolute Gasteiger partial charge is 0.466 e. The number of esters is 1. The average Bonchev–Trinajstić information content (AvgIpc) is 3.35. The van der Waals surface area contributed by atoms with E-state index in [0.717, 1.165) is 57.8 Å². The molecule has 0 aromatic carbocycles. The van der Waals surface area contributed by atoms with Gasteiger partial charge in [0.15, 0.2) is 0 Å². The van der Waals surface area contributed by atoms with E-state index >= 15 is 0 Å². The fourth-order valence-corrected chi connectivity index (χ4v) is 9.18. The first-order valence-electron chi connectivity index (χ1n) is 30.4. The van der Waals surface area contributed by atoms with Crippen LogP contribution in [0.25, 0.3) is 0 Å². The summed E-state index contributed by atoms with van der Waals surface area (Å²) in [7, 11) is 0. The van der Waals surface area contributed by atoms with Crippen LogP contribution in [0.5, 0.6) is 0 Å². The number of amides is 1. The van der Waals surface area contributed by atoms with E-state index < -0.39 is 12.1 Å². The van der Waals surface area contributed by atoms with E-state index in [4.69, 9.17) is 4.74 Å². The highest BCUT2D eigenvalue weighted by Gasteiger charge is 2.20. The molecular weight excluding hydrogens is 851 g/mol. The predicted molar refractivity (Wildman–Crippen MR) is 301 cm³/mol. The summed E-state index contributed by atoms with van der Waals surface area (Å²) in [6.45, 7) is 4.88. The number of carbonyl (C=O) groups is 2. The average molecular weight is 969 g/mol. The second kappa shape index (κ2) is 58.4. The Kier molecular flexibility index (Phi) is 56.5. The molecular formula is C63H117NO5. The van der Waals surface area contributed by atoms with Gasteiger partial charge in [0.2, 0.25) is 5.91 Å². The van der Waals surface area contributed by atoms with Crippen molar-refractivity contribution in [2.45, 2.75) is 328 Å². The SMILES string of the molecule is CCC/C=C\C/C=C\CCCCCCCC(=O)OCCCCCCCCCCC/C=C\C/C=C\CCCCCCCCCCCC(=O)NC(CO)C(O)CCCCCCCCCCCCCCCC. The van der Waals surface area contributed by atoms with Crippen LogP contribution >= 0.6 is 0 Å². The summed E-state index contributed by atoms with van der Waals surface area (Å²) >= 11 is 0. The summed E-state index contributed by atoms with van der Waals surface area (Å²) in [6, 6.07) is -0.546. The van der Waals surface area contributed by atoms with Gasteiger partial charge in [-0.15, -0.1) is 0 Å². The molecule has 0 aliphatic heterocycles. The molecule has 0 bridgehead atoms. The van der Waals surface area contributed by atoms with E-state index in [-0.39, 0.29) is 18.5 Å². The van der Waals surface area contributed by atoms with Crippen molar-refractivity contribution in [2.75, 3.05) is 13.2 Å². The minimum absolute atomic E-state index is 0.00677. The maximum atomic E-state index is 12.5. The van der Waals surface area contributed by atoms with Crippen molar-refractivity contribution in [3.63, 3.8) is 0 Å². The molecule has 0 spiro atoms. The number of rotatable bonds is 56. The van der Waals surface area contributed by atoms with Gasteiger partial charge >= 0.3 is 5.97 Å². The molecule has 2 atom stereocenters. The lowest BCUT2D eigenvalue weighted by molar-refractivity contribution is -0.143. The molecule has 0 aromatic rings. The van der Waals surface area contributed by atoms with Crippen LogP contribution in [0.1, 0.15) is 316 Å². The van der Waals surface area contributed by atoms with Crippen molar-refractivity contribution in [1.82, 2.24) is 5.32 Å². The molecule has 3 N–H and O–H groups in total. The number of hydrogen-bond acceptors (Lipinski definition) is 5. The van der Waals surface area contributed by atoms with Crippen molar-refractivity contribution >= 4 is 11.9 Å².